The van der Waals surface area contributed by atoms with Gasteiger partial charge >= 0.3 is 0 Å². The minimum absolute atomic E-state index is 0.0459. The molecule has 0 bridgehead atoms. The van der Waals surface area contributed by atoms with Gasteiger partial charge in [0.1, 0.15) is 5.60 Å². The van der Waals surface area contributed by atoms with E-state index in [0.717, 1.165) is 12.8 Å². The summed E-state index contributed by atoms with van der Waals surface area (Å²) in [5, 5.41) is 10.2. The predicted octanol–water partition coefficient (Wildman–Crippen LogP) is -0.162. The summed E-state index contributed by atoms with van der Waals surface area (Å²) in [4.78, 5) is 27.3. The fourth-order valence-electron chi connectivity index (χ4n) is 3.15. The first kappa shape index (κ1) is 12.0. The van der Waals surface area contributed by atoms with E-state index in [1.165, 1.54) is 0 Å². The van der Waals surface area contributed by atoms with Crippen molar-refractivity contribution in [3.63, 3.8) is 0 Å². The molecule has 2 amide bonds. The predicted molar refractivity (Wildman–Crippen MR) is 64.6 cm³/mol. The number of carbonyl (C=O) groups excluding carboxylic acids is 2. The molecule has 1 unspecified atom stereocenters. The molecule has 18 heavy (non-hydrogen) atoms. The molecule has 1 saturated carbocycles. The maximum absolute atomic E-state index is 12.2. The van der Waals surface area contributed by atoms with E-state index < -0.39 is 5.60 Å². The van der Waals surface area contributed by atoms with E-state index in [9.17, 15) is 14.7 Å². The van der Waals surface area contributed by atoms with Gasteiger partial charge in [-0.3, -0.25) is 9.59 Å². The Morgan fingerprint density at radius 3 is 2.61 bits per heavy atom. The average Bonchev–Trinajstić information content (AvgIpc) is 3.08. The first-order valence-corrected chi connectivity index (χ1v) is 6.82. The van der Waals surface area contributed by atoms with Crippen molar-refractivity contribution in [3.8, 4) is 0 Å². The summed E-state index contributed by atoms with van der Waals surface area (Å²) in [6, 6.07) is 0. The Kier molecular flexibility index (Phi) is 2.62. The molecule has 5 nitrogen and oxygen atoms in total. The lowest BCUT2D eigenvalue weighted by Gasteiger charge is -2.47. The zero-order chi connectivity index (χ0) is 12.9. The number of amides is 2. The maximum atomic E-state index is 12.2. The first-order chi connectivity index (χ1) is 8.53. The van der Waals surface area contributed by atoms with Crippen molar-refractivity contribution in [2.75, 3.05) is 26.2 Å². The number of hydrogen-bond donors (Lipinski definition) is 1. The molecule has 3 aliphatic rings. The van der Waals surface area contributed by atoms with Crippen LogP contribution in [-0.2, 0) is 9.59 Å². The highest BCUT2D eigenvalue weighted by Crippen LogP contribution is 2.45. The molecule has 3 rings (SSSR count). The van der Waals surface area contributed by atoms with E-state index in [1.807, 2.05) is 6.92 Å². The van der Waals surface area contributed by atoms with Gasteiger partial charge in [-0.25, -0.2) is 0 Å². The number of likely N-dealkylation sites (tertiary alicyclic amines) is 2. The van der Waals surface area contributed by atoms with Gasteiger partial charge in [0.05, 0.1) is 19.0 Å². The summed E-state index contributed by atoms with van der Waals surface area (Å²) >= 11 is 0. The number of aliphatic hydroxyl groups is 1. The van der Waals surface area contributed by atoms with Crippen LogP contribution in [0, 0.1) is 11.8 Å². The topological polar surface area (TPSA) is 60.9 Å². The molecule has 0 spiro atoms. The van der Waals surface area contributed by atoms with Gasteiger partial charge in [-0.1, -0.05) is 0 Å². The lowest BCUT2D eigenvalue weighted by molar-refractivity contribution is -0.163. The van der Waals surface area contributed by atoms with Crippen molar-refractivity contribution in [1.82, 2.24) is 9.80 Å². The smallest absolute Gasteiger partial charge is 0.228 e. The van der Waals surface area contributed by atoms with E-state index in [0.29, 0.717) is 38.5 Å². The van der Waals surface area contributed by atoms with E-state index in [2.05, 4.69) is 0 Å². The highest BCUT2D eigenvalue weighted by atomic mass is 16.3. The van der Waals surface area contributed by atoms with Crippen LogP contribution in [0.1, 0.15) is 26.2 Å². The summed E-state index contributed by atoms with van der Waals surface area (Å²) < 4.78 is 0. The summed E-state index contributed by atoms with van der Waals surface area (Å²) in [5.74, 6) is 0.332. The molecular formula is C13H20N2O3. The molecule has 100 valence electrons. The minimum atomic E-state index is -0.622. The third kappa shape index (κ3) is 1.81. The Morgan fingerprint density at radius 2 is 2.11 bits per heavy atom. The first-order valence-electron chi connectivity index (χ1n) is 6.82. The van der Waals surface area contributed by atoms with E-state index in [-0.39, 0.29) is 17.7 Å². The fourth-order valence-corrected chi connectivity index (χ4v) is 3.15. The van der Waals surface area contributed by atoms with Crippen molar-refractivity contribution in [2.24, 2.45) is 11.8 Å². The molecule has 1 aliphatic carbocycles. The molecule has 0 radical (unpaired) electrons. The maximum Gasteiger partial charge on any atom is 0.228 e. The Hall–Kier alpha value is -1.10. The van der Waals surface area contributed by atoms with Crippen LogP contribution in [0.25, 0.3) is 0 Å². The van der Waals surface area contributed by atoms with Gasteiger partial charge in [0.25, 0.3) is 0 Å². The molecule has 1 N–H and O–H groups in total. The van der Waals surface area contributed by atoms with E-state index in [1.54, 1.807) is 9.80 Å². The molecule has 0 aromatic carbocycles. The van der Waals surface area contributed by atoms with Crippen molar-refractivity contribution in [3.05, 3.63) is 0 Å². The van der Waals surface area contributed by atoms with Crippen LogP contribution in [-0.4, -0.2) is 58.5 Å². The van der Waals surface area contributed by atoms with Gasteiger partial charge in [0, 0.05) is 19.5 Å². The van der Waals surface area contributed by atoms with E-state index in [4.69, 9.17) is 0 Å². The molecular weight excluding hydrogens is 232 g/mol. The van der Waals surface area contributed by atoms with E-state index >= 15 is 0 Å². The lowest BCUT2D eigenvalue weighted by Crippen LogP contribution is -2.65. The molecule has 5 heteroatoms. The number of β-amino-alcohol motifs (C(OH)–C–C–N with tert-alkyl or cyclic N) is 1. The molecule has 1 atom stereocenters. The highest BCUT2D eigenvalue weighted by Gasteiger charge is 2.54. The number of hydrogen-bond acceptors (Lipinski definition) is 3. The third-order valence-corrected chi connectivity index (χ3v) is 4.52. The number of nitrogens with zero attached hydrogens (tertiary/aromatic N) is 2. The molecule has 3 fully saturated rings. The molecule has 2 aliphatic heterocycles. The van der Waals surface area contributed by atoms with Crippen LogP contribution in [0.2, 0.25) is 0 Å². The zero-order valence-electron chi connectivity index (χ0n) is 10.8. The standard InChI is InChI=1S/C13H20N2O3/c1-2-14-6-9(5-11(14)16)12(17)15-7-13(18,8-15)10-3-4-10/h9-10,18H,2-8H2,1H3. The van der Waals surface area contributed by atoms with Gasteiger partial charge in [0.15, 0.2) is 0 Å². The summed E-state index contributed by atoms with van der Waals surface area (Å²) in [6.07, 6.45) is 2.51. The molecule has 2 saturated heterocycles. The Bertz CT molecular complexity index is 386. The van der Waals surface area contributed by atoms with Crippen LogP contribution in [0.3, 0.4) is 0 Å². The Balaban J connectivity index is 1.55. The van der Waals surface area contributed by atoms with Crippen LogP contribution in [0.15, 0.2) is 0 Å². The molecule has 0 aromatic heterocycles. The minimum Gasteiger partial charge on any atom is -0.386 e. The van der Waals surface area contributed by atoms with Crippen LogP contribution >= 0.6 is 0 Å². The lowest BCUT2D eigenvalue weighted by atomic mass is 9.87. The molecule has 0 aromatic rings. The van der Waals surface area contributed by atoms with Gasteiger partial charge in [-0.15, -0.1) is 0 Å². The van der Waals surface area contributed by atoms with Crippen LogP contribution in [0.5, 0.6) is 0 Å². The number of carbonyl (C=O) groups is 2. The van der Waals surface area contributed by atoms with Crippen LogP contribution < -0.4 is 0 Å². The summed E-state index contributed by atoms with van der Waals surface area (Å²) in [5.41, 5.74) is -0.622. The second kappa shape index (κ2) is 3.95. The summed E-state index contributed by atoms with van der Waals surface area (Å²) in [6.45, 7) is 4.09. The van der Waals surface area contributed by atoms with Gasteiger partial charge in [-0.2, -0.15) is 0 Å². The summed E-state index contributed by atoms with van der Waals surface area (Å²) in [7, 11) is 0. The van der Waals surface area contributed by atoms with Gasteiger partial charge < -0.3 is 14.9 Å². The molecule has 2 heterocycles. The van der Waals surface area contributed by atoms with Crippen molar-refractivity contribution in [1.29, 1.82) is 0 Å². The largest absolute Gasteiger partial charge is 0.386 e. The van der Waals surface area contributed by atoms with Gasteiger partial charge in [0.2, 0.25) is 11.8 Å². The Morgan fingerprint density at radius 1 is 1.44 bits per heavy atom. The third-order valence-electron chi connectivity index (χ3n) is 4.52. The van der Waals surface area contributed by atoms with Crippen LogP contribution in [0.4, 0.5) is 0 Å². The fraction of sp³-hybridized carbons (Fsp3) is 0.846. The zero-order valence-corrected chi connectivity index (χ0v) is 10.8. The number of rotatable bonds is 3. The van der Waals surface area contributed by atoms with Crippen molar-refractivity contribution < 1.29 is 14.7 Å². The SMILES string of the molecule is CCN1CC(C(=O)N2CC(O)(C3CC3)C2)CC1=O. The average molecular weight is 252 g/mol. The Labute approximate surface area is 107 Å². The highest BCUT2D eigenvalue weighted by molar-refractivity contribution is 5.89. The van der Waals surface area contributed by atoms with Crippen molar-refractivity contribution in [2.45, 2.75) is 31.8 Å². The second-order valence-electron chi connectivity index (χ2n) is 5.91. The normalized spacial score (nSPS) is 30.6. The monoisotopic (exact) mass is 252 g/mol. The quantitative estimate of drug-likeness (QED) is 0.759. The van der Waals surface area contributed by atoms with Gasteiger partial charge in [-0.05, 0) is 25.7 Å². The second-order valence-corrected chi connectivity index (χ2v) is 5.91. The van der Waals surface area contributed by atoms with Crippen molar-refractivity contribution >= 4 is 11.8 Å².